The molecule has 3 N–H and O–H groups in total. The van der Waals surface area contributed by atoms with Crippen LogP contribution in [0, 0.1) is 5.41 Å². The van der Waals surface area contributed by atoms with Crippen LogP contribution >= 0.6 is 0 Å². The van der Waals surface area contributed by atoms with Crippen molar-refractivity contribution in [3.63, 3.8) is 0 Å². The Kier molecular flexibility index (Phi) is 4.54. The molecule has 0 aliphatic rings. The number of carbonyl (C=O) groups is 1. The summed E-state index contributed by atoms with van der Waals surface area (Å²) in [7, 11) is -3.48. The molecule has 0 radical (unpaired) electrons. The number of hydrogen-bond donors (Lipinski definition) is 2. The highest BCUT2D eigenvalue weighted by Gasteiger charge is 2.15. The molecule has 0 aliphatic heterocycles. The summed E-state index contributed by atoms with van der Waals surface area (Å²) in [5, 5.41) is 7.27. The highest BCUT2D eigenvalue weighted by molar-refractivity contribution is 7.89. The van der Waals surface area contributed by atoms with Gasteiger partial charge in [-0.1, -0.05) is 20.8 Å². The van der Waals surface area contributed by atoms with Gasteiger partial charge in [-0.05, 0) is 5.41 Å². The molecule has 0 aliphatic carbocycles. The van der Waals surface area contributed by atoms with E-state index in [9.17, 15) is 13.2 Å². The van der Waals surface area contributed by atoms with Gasteiger partial charge in [-0.2, -0.15) is 0 Å². The molecule has 0 aromatic heterocycles. The molecule has 0 saturated carbocycles. The highest BCUT2D eigenvalue weighted by atomic mass is 32.2. The van der Waals surface area contributed by atoms with Gasteiger partial charge in [0.25, 0.3) is 0 Å². The van der Waals surface area contributed by atoms with Crippen LogP contribution < -0.4 is 10.5 Å². The number of amides is 1. The molecule has 0 aromatic rings. The van der Waals surface area contributed by atoms with Crippen molar-refractivity contribution in [2.45, 2.75) is 27.2 Å². The fraction of sp³-hybridized carbons (Fsp3) is 0.875. The van der Waals surface area contributed by atoms with E-state index in [-0.39, 0.29) is 23.6 Å². The number of rotatable bonds is 4. The lowest BCUT2D eigenvalue weighted by molar-refractivity contribution is -0.122. The number of sulfonamides is 1. The van der Waals surface area contributed by atoms with Crippen molar-refractivity contribution in [2.24, 2.45) is 10.6 Å². The lowest BCUT2D eigenvalue weighted by Crippen LogP contribution is -2.33. The van der Waals surface area contributed by atoms with Gasteiger partial charge in [-0.15, -0.1) is 0 Å². The van der Waals surface area contributed by atoms with Crippen LogP contribution in [0.3, 0.4) is 0 Å². The van der Waals surface area contributed by atoms with Crippen LogP contribution in [0.25, 0.3) is 0 Å². The topological polar surface area (TPSA) is 89.3 Å². The first-order valence-corrected chi connectivity index (χ1v) is 6.09. The predicted octanol–water partition coefficient (Wildman–Crippen LogP) is -0.173. The van der Waals surface area contributed by atoms with E-state index in [0.717, 1.165) is 0 Å². The van der Waals surface area contributed by atoms with Gasteiger partial charge in [0.05, 0.1) is 5.75 Å². The van der Waals surface area contributed by atoms with Crippen LogP contribution in [0.15, 0.2) is 0 Å². The fourth-order valence-electron chi connectivity index (χ4n) is 0.877. The Morgan fingerprint density at radius 2 is 1.86 bits per heavy atom. The summed E-state index contributed by atoms with van der Waals surface area (Å²) in [6.07, 6.45) is 0.373. The van der Waals surface area contributed by atoms with Gasteiger partial charge in [0, 0.05) is 13.0 Å². The molecule has 0 bridgehead atoms. The predicted molar refractivity (Wildman–Crippen MR) is 55.1 cm³/mol. The summed E-state index contributed by atoms with van der Waals surface area (Å²) >= 11 is 0. The molecule has 0 fully saturated rings. The molecule has 14 heavy (non-hydrogen) atoms. The van der Waals surface area contributed by atoms with E-state index >= 15 is 0 Å². The number of nitrogens with two attached hydrogens (primary N) is 1. The third-order valence-electron chi connectivity index (χ3n) is 1.40. The summed E-state index contributed by atoms with van der Waals surface area (Å²) in [6, 6.07) is 0. The van der Waals surface area contributed by atoms with Gasteiger partial charge < -0.3 is 5.32 Å². The van der Waals surface area contributed by atoms with Crippen molar-refractivity contribution >= 4 is 15.9 Å². The normalized spacial score (nSPS) is 12.6. The Morgan fingerprint density at radius 3 is 2.21 bits per heavy atom. The van der Waals surface area contributed by atoms with E-state index in [4.69, 9.17) is 5.14 Å². The quantitative estimate of drug-likeness (QED) is 0.692. The summed E-state index contributed by atoms with van der Waals surface area (Å²) in [6.45, 7) is 5.89. The van der Waals surface area contributed by atoms with Crippen LogP contribution in [0.4, 0.5) is 0 Å². The summed E-state index contributed by atoms with van der Waals surface area (Å²) in [4.78, 5) is 11.2. The molecule has 0 saturated heterocycles. The summed E-state index contributed by atoms with van der Waals surface area (Å²) in [5.41, 5.74) is -0.0916. The highest BCUT2D eigenvalue weighted by Crippen LogP contribution is 2.17. The molecule has 5 nitrogen and oxygen atoms in total. The largest absolute Gasteiger partial charge is 0.355 e. The summed E-state index contributed by atoms with van der Waals surface area (Å²) in [5.74, 6) is -0.371. The van der Waals surface area contributed by atoms with Crippen molar-refractivity contribution in [3.05, 3.63) is 0 Å². The molecule has 1 amide bonds. The van der Waals surface area contributed by atoms with Crippen molar-refractivity contribution in [1.29, 1.82) is 0 Å². The summed E-state index contributed by atoms with van der Waals surface area (Å²) < 4.78 is 21.0. The standard InChI is InChI=1S/C8H18N2O3S/c1-8(2,3)6-7(11)10-4-5-14(9,12)13/h4-6H2,1-3H3,(H,10,11)(H2,9,12,13). The van der Waals surface area contributed by atoms with E-state index in [1.807, 2.05) is 20.8 Å². The average Bonchev–Trinajstić information content (AvgIpc) is 1.78. The maximum Gasteiger partial charge on any atom is 0.220 e. The third-order valence-corrected chi connectivity index (χ3v) is 2.17. The van der Waals surface area contributed by atoms with Crippen molar-refractivity contribution in [3.8, 4) is 0 Å². The van der Waals surface area contributed by atoms with Gasteiger partial charge in [0.15, 0.2) is 0 Å². The Hall–Kier alpha value is -0.620. The SMILES string of the molecule is CC(C)(C)CC(=O)NCCS(N)(=O)=O. The van der Waals surface area contributed by atoms with E-state index in [2.05, 4.69) is 5.32 Å². The van der Waals surface area contributed by atoms with E-state index in [1.54, 1.807) is 0 Å². The third kappa shape index (κ3) is 9.47. The second-order valence-corrected chi connectivity index (χ2v) is 6.19. The molecule has 0 unspecified atom stereocenters. The van der Waals surface area contributed by atoms with Gasteiger partial charge >= 0.3 is 0 Å². The van der Waals surface area contributed by atoms with Crippen LogP contribution in [0.5, 0.6) is 0 Å². The van der Waals surface area contributed by atoms with Gasteiger partial charge in [-0.25, -0.2) is 13.6 Å². The molecular weight excluding hydrogens is 204 g/mol. The lowest BCUT2D eigenvalue weighted by Gasteiger charge is -2.16. The maximum atomic E-state index is 11.2. The van der Waals surface area contributed by atoms with Crippen molar-refractivity contribution in [1.82, 2.24) is 5.32 Å². The van der Waals surface area contributed by atoms with Crippen LogP contribution in [0.1, 0.15) is 27.2 Å². The first-order valence-electron chi connectivity index (χ1n) is 4.37. The molecule has 0 aromatic carbocycles. The van der Waals surface area contributed by atoms with E-state index in [1.165, 1.54) is 0 Å². The number of carbonyl (C=O) groups excluding carboxylic acids is 1. The van der Waals surface area contributed by atoms with Gasteiger partial charge in [-0.3, -0.25) is 4.79 Å². The monoisotopic (exact) mass is 222 g/mol. The smallest absolute Gasteiger partial charge is 0.220 e. The van der Waals surface area contributed by atoms with Gasteiger partial charge in [0.1, 0.15) is 0 Å². The molecule has 0 atom stereocenters. The first-order chi connectivity index (χ1) is 6.10. The van der Waals surface area contributed by atoms with Crippen LogP contribution in [-0.4, -0.2) is 26.6 Å². The molecule has 6 heteroatoms. The van der Waals surface area contributed by atoms with Crippen LogP contribution in [-0.2, 0) is 14.8 Å². The lowest BCUT2D eigenvalue weighted by atomic mass is 9.92. The number of primary sulfonamides is 1. The molecular formula is C8H18N2O3S. The zero-order chi connectivity index (χ0) is 11.4. The molecule has 0 rings (SSSR count). The average molecular weight is 222 g/mol. The number of nitrogens with one attached hydrogen (secondary N) is 1. The second-order valence-electron chi connectivity index (χ2n) is 4.45. The fourth-order valence-corrected chi connectivity index (χ4v) is 1.26. The first kappa shape index (κ1) is 13.4. The second kappa shape index (κ2) is 4.75. The Bertz CT molecular complexity index is 290. The van der Waals surface area contributed by atoms with Gasteiger partial charge in [0.2, 0.25) is 15.9 Å². The number of hydrogen-bond acceptors (Lipinski definition) is 3. The minimum Gasteiger partial charge on any atom is -0.355 e. The maximum absolute atomic E-state index is 11.2. The minimum atomic E-state index is -3.48. The Morgan fingerprint density at radius 1 is 1.36 bits per heavy atom. The zero-order valence-corrected chi connectivity index (χ0v) is 9.65. The Balaban J connectivity index is 3.77. The molecule has 84 valence electrons. The van der Waals surface area contributed by atoms with Crippen molar-refractivity contribution in [2.75, 3.05) is 12.3 Å². The molecule has 0 heterocycles. The Labute approximate surface area is 85.1 Å². The van der Waals surface area contributed by atoms with E-state index in [0.29, 0.717) is 6.42 Å². The van der Waals surface area contributed by atoms with Crippen LogP contribution in [0.2, 0.25) is 0 Å². The van der Waals surface area contributed by atoms with E-state index < -0.39 is 10.0 Å². The van der Waals surface area contributed by atoms with Crippen molar-refractivity contribution < 1.29 is 13.2 Å². The minimum absolute atomic E-state index is 0.0771. The zero-order valence-electron chi connectivity index (χ0n) is 8.83. The molecule has 0 spiro atoms.